The van der Waals surface area contributed by atoms with Crippen LogP contribution in [0.2, 0.25) is 0 Å². The number of ether oxygens (including phenoxy) is 3. The summed E-state index contributed by atoms with van der Waals surface area (Å²) in [5.74, 6) is -0.874. The fraction of sp³-hybridized carbons (Fsp3) is 0.250. The summed E-state index contributed by atoms with van der Waals surface area (Å²) < 4.78 is 15.8. The van der Waals surface area contributed by atoms with Crippen LogP contribution in [0.4, 0.5) is 4.79 Å². The predicted octanol–water partition coefficient (Wildman–Crippen LogP) is 2.45. The van der Waals surface area contributed by atoms with Crippen molar-refractivity contribution < 1.29 is 28.6 Å². The monoisotopic (exact) mass is 386 g/mol. The van der Waals surface area contributed by atoms with Crippen LogP contribution in [-0.4, -0.2) is 38.7 Å². The molecule has 8 nitrogen and oxygen atoms in total. The molecular formula is C20H22N2O6. The summed E-state index contributed by atoms with van der Waals surface area (Å²) in [5.41, 5.74) is 0.508. The van der Waals surface area contributed by atoms with Crippen molar-refractivity contribution in [2.24, 2.45) is 0 Å². The Bertz CT molecular complexity index is 838. The minimum Gasteiger partial charge on any atom is -0.497 e. The zero-order valence-electron chi connectivity index (χ0n) is 15.9. The Morgan fingerprint density at radius 1 is 1.00 bits per heavy atom. The third-order valence-electron chi connectivity index (χ3n) is 3.77. The van der Waals surface area contributed by atoms with Gasteiger partial charge in [-0.25, -0.2) is 9.59 Å². The molecule has 0 unspecified atom stereocenters. The van der Waals surface area contributed by atoms with Crippen molar-refractivity contribution in [1.29, 1.82) is 0 Å². The maximum atomic E-state index is 12.8. The average Bonchev–Trinajstić information content (AvgIpc) is 2.71. The molecule has 148 valence electrons. The van der Waals surface area contributed by atoms with Crippen LogP contribution < -0.4 is 20.1 Å². The molecule has 28 heavy (non-hydrogen) atoms. The van der Waals surface area contributed by atoms with E-state index in [1.165, 1.54) is 20.3 Å². The number of benzene rings is 2. The Balaban J connectivity index is 2.31. The van der Waals surface area contributed by atoms with Crippen LogP contribution in [0.25, 0.3) is 0 Å². The molecule has 0 saturated carbocycles. The maximum Gasteiger partial charge on any atom is 0.343 e. The van der Waals surface area contributed by atoms with E-state index in [0.29, 0.717) is 17.9 Å². The Labute approximate surface area is 162 Å². The van der Waals surface area contributed by atoms with E-state index < -0.39 is 24.0 Å². The molecular weight excluding hydrogens is 364 g/mol. The van der Waals surface area contributed by atoms with Gasteiger partial charge in [-0.1, -0.05) is 30.3 Å². The molecule has 0 radical (unpaired) electrons. The molecule has 2 rings (SSSR count). The number of nitrogens with one attached hydrogen (secondary N) is 2. The van der Waals surface area contributed by atoms with Gasteiger partial charge in [-0.2, -0.15) is 0 Å². The fourth-order valence-electron chi connectivity index (χ4n) is 2.43. The standard InChI is InChI=1S/C20H22N2O6/c1-4-21-20(25)22-18(23)17(13-8-6-5-7-9-13)28-19(24)15-12-14(26-2)10-11-16(15)27-3/h5-12,17H,4H2,1-3H3,(H2,21,22,23,25)/t17-/m0/s1. The summed E-state index contributed by atoms with van der Waals surface area (Å²) in [5, 5.41) is 4.62. The molecule has 2 N–H and O–H groups in total. The number of carbonyl (C=O) groups excluding carboxylic acids is 3. The van der Waals surface area contributed by atoms with E-state index in [1.807, 2.05) is 0 Å². The lowest BCUT2D eigenvalue weighted by Gasteiger charge is -2.18. The number of esters is 1. The molecule has 0 fully saturated rings. The summed E-state index contributed by atoms with van der Waals surface area (Å²) in [6, 6.07) is 12.4. The van der Waals surface area contributed by atoms with E-state index in [0.717, 1.165) is 0 Å². The maximum absolute atomic E-state index is 12.8. The van der Waals surface area contributed by atoms with Gasteiger partial charge in [-0.05, 0) is 25.1 Å². The quantitative estimate of drug-likeness (QED) is 0.709. The van der Waals surface area contributed by atoms with Gasteiger partial charge in [0.25, 0.3) is 5.91 Å². The largest absolute Gasteiger partial charge is 0.497 e. The number of urea groups is 1. The molecule has 0 aliphatic rings. The normalized spacial score (nSPS) is 11.1. The lowest BCUT2D eigenvalue weighted by Crippen LogP contribution is -2.42. The lowest BCUT2D eigenvalue weighted by atomic mass is 10.1. The van der Waals surface area contributed by atoms with E-state index in [1.54, 1.807) is 49.4 Å². The van der Waals surface area contributed by atoms with E-state index in [4.69, 9.17) is 14.2 Å². The highest BCUT2D eigenvalue weighted by Crippen LogP contribution is 2.27. The first kappa shape index (κ1) is 20.8. The van der Waals surface area contributed by atoms with Crippen molar-refractivity contribution in [3.8, 4) is 11.5 Å². The first-order valence-corrected chi connectivity index (χ1v) is 8.56. The van der Waals surface area contributed by atoms with Gasteiger partial charge >= 0.3 is 12.0 Å². The molecule has 0 heterocycles. The van der Waals surface area contributed by atoms with Crippen LogP contribution in [0.15, 0.2) is 48.5 Å². The van der Waals surface area contributed by atoms with Crippen LogP contribution in [0.1, 0.15) is 28.9 Å². The van der Waals surface area contributed by atoms with Gasteiger partial charge in [0.1, 0.15) is 17.1 Å². The molecule has 0 aliphatic heterocycles. The number of hydrogen-bond acceptors (Lipinski definition) is 6. The average molecular weight is 386 g/mol. The summed E-state index contributed by atoms with van der Waals surface area (Å²) in [6.07, 6.45) is -1.33. The SMILES string of the molecule is CCNC(=O)NC(=O)[C@@H](OC(=O)c1cc(OC)ccc1OC)c1ccccc1. The smallest absolute Gasteiger partial charge is 0.343 e. The molecule has 0 spiro atoms. The summed E-state index contributed by atoms with van der Waals surface area (Å²) >= 11 is 0. The van der Waals surface area contributed by atoms with Crippen LogP contribution in [0.3, 0.4) is 0 Å². The molecule has 0 aromatic heterocycles. The second-order valence-corrected chi connectivity index (χ2v) is 5.61. The van der Waals surface area contributed by atoms with Gasteiger partial charge in [0, 0.05) is 12.1 Å². The zero-order valence-corrected chi connectivity index (χ0v) is 15.9. The van der Waals surface area contributed by atoms with E-state index in [9.17, 15) is 14.4 Å². The summed E-state index contributed by atoms with van der Waals surface area (Å²) in [4.78, 5) is 37.0. The number of methoxy groups -OCH3 is 2. The first-order valence-electron chi connectivity index (χ1n) is 8.56. The second kappa shape index (κ2) is 9.96. The van der Waals surface area contributed by atoms with Crippen molar-refractivity contribution in [3.05, 3.63) is 59.7 Å². The Morgan fingerprint density at radius 3 is 2.32 bits per heavy atom. The Kier molecular flexibility index (Phi) is 7.38. The molecule has 0 bridgehead atoms. The van der Waals surface area contributed by atoms with Crippen LogP contribution in [0, 0.1) is 0 Å². The van der Waals surface area contributed by atoms with Gasteiger partial charge in [0.2, 0.25) is 6.10 Å². The Hall–Kier alpha value is -3.55. The van der Waals surface area contributed by atoms with Crippen molar-refractivity contribution in [3.63, 3.8) is 0 Å². The van der Waals surface area contributed by atoms with Crippen LogP contribution in [-0.2, 0) is 9.53 Å². The number of rotatable bonds is 7. The second-order valence-electron chi connectivity index (χ2n) is 5.61. The van der Waals surface area contributed by atoms with E-state index in [-0.39, 0.29) is 11.3 Å². The molecule has 0 saturated heterocycles. The van der Waals surface area contributed by atoms with Gasteiger partial charge in [-0.3, -0.25) is 10.1 Å². The van der Waals surface area contributed by atoms with E-state index in [2.05, 4.69) is 10.6 Å². The van der Waals surface area contributed by atoms with Crippen LogP contribution in [0.5, 0.6) is 11.5 Å². The highest BCUT2D eigenvalue weighted by molar-refractivity contribution is 5.99. The third kappa shape index (κ3) is 5.23. The minimum absolute atomic E-state index is 0.0913. The molecule has 1 atom stereocenters. The van der Waals surface area contributed by atoms with E-state index >= 15 is 0 Å². The van der Waals surface area contributed by atoms with Crippen molar-refractivity contribution >= 4 is 17.9 Å². The number of hydrogen-bond donors (Lipinski definition) is 2. The fourth-order valence-corrected chi connectivity index (χ4v) is 2.43. The highest BCUT2D eigenvalue weighted by atomic mass is 16.6. The van der Waals surface area contributed by atoms with Gasteiger partial charge in [-0.15, -0.1) is 0 Å². The number of imide groups is 1. The lowest BCUT2D eigenvalue weighted by molar-refractivity contribution is -0.129. The van der Waals surface area contributed by atoms with Gasteiger partial charge in [0.05, 0.1) is 14.2 Å². The first-order chi connectivity index (χ1) is 13.5. The summed E-state index contributed by atoms with van der Waals surface area (Å²) in [6.45, 7) is 2.06. The number of amides is 3. The van der Waals surface area contributed by atoms with Crippen molar-refractivity contribution in [2.45, 2.75) is 13.0 Å². The molecule has 2 aromatic carbocycles. The highest BCUT2D eigenvalue weighted by Gasteiger charge is 2.28. The summed E-state index contributed by atoms with van der Waals surface area (Å²) in [7, 11) is 2.87. The molecule has 8 heteroatoms. The van der Waals surface area contributed by atoms with Crippen LogP contribution >= 0.6 is 0 Å². The topological polar surface area (TPSA) is 103 Å². The zero-order chi connectivity index (χ0) is 20.5. The molecule has 0 aliphatic carbocycles. The Morgan fingerprint density at radius 2 is 1.71 bits per heavy atom. The van der Waals surface area contributed by atoms with Crippen molar-refractivity contribution in [1.82, 2.24) is 10.6 Å². The number of carbonyl (C=O) groups is 3. The molecule has 3 amide bonds. The minimum atomic E-state index is -1.33. The third-order valence-corrected chi connectivity index (χ3v) is 3.77. The van der Waals surface area contributed by atoms with Gasteiger partial charge in [0.15, 0.2) is 0 Å². The molecule has 2 aromatic rings. The van der Waals surface area contributed by atoms with Gasteiger partial charge < -0.3 is 19.5 Å². The van der Waals surface area contributed by atoms with Crippen molar-refractivity contribution in [2.75, 3.05) is 20.8 Å². The predicted molar refractivity (Wildman–Crippen MR) is 101 cm³/mol.